The van der Waals surface area contributed by atoms with Crippen molar-refractivity contribution in [2.24, 2.45) is 0 Å². The van der Waals surface area contributed by atoms with Crippen molar-refractivity contribution in [3.63, 3.8) is 0 Å². The van der Waals surface area contributed by atoms with E-state index in [4.69, 9.17) is 4.84 Å². The molecular formula is C13H15FN2O4. The van der Waals surface area contributed by atoms with Crippen LogP contribution >= 0.6 is 0 Å². The SMILES string of the molecule is Cc1cc([N+](=O)[O-])cc(C(=O)NOC2CCCC2)c1F. The van der Waals surface area contributed by atoms with Gasteiger partial charge in [-0.25, -0.2) is 9.87 Å². The highest BCUT2D eigenvalue weighted by atomic mass is 19.1. The molecule has 1 aliphatic rings. The first-order chi connectivity index (χ1) is 9.49. The van der Waals surface area contributed by atoms with E-state index in [-0.39, 0.29) is 22.9 Å². The van der Waals surface area contributed by atoms with Gasteiger partial charge in [0.25, 0.3) is 11.6 Å². The van der Waals surface area contributed by atoms with Crippen molar-refractivity contribution >= 4 is 11.6 Å². The number of nitro benzene ring substituents is 1. The van der Waals surface area contributed by atoms with Crippen molar-refractivity contribution in [1.82, 2.24) is 5.48 Å². The second-order valence-electron chi connectivity index (χ2n) is 4.84. The van der Waals surface area contributed by atoms with Gasteiger partial charge in [-0.05, 0) is 25.3 Å². The third-order valence-corrected chi connectivity index (χ3v) is 3.32. The molecule has 0 heterocycles. The van der Waals surface area contributed by atoms with Gasteiger partial charge in [-0.3, -0.25) is 19.7 Å². The Balaban J connectivity index is 2.13. The number of carbonyl (C=O) groups is 1. The monoisotopic (exact) mass is 282 g/mol. The van der Waals surface area contributed by atoms with Crippen LogP contribution in [0.15, 0.2) is 12.1 Å². The number of aryl methyl sites for hydroxylation is 1. The second kappa shape index (κ2) is 5.96. The molecule has 1 N–H and O–H groups in total. The van der Waals surface area contributed by atoms with Gasteiger partial charge in [0.2, 0.25) is 0 Å². The Morgan fingerprint density at radius 1 is 1.45 bits per heavy atom. The van der Waals surface area contributed by atoms with Crippen LogP contribution in [0, 0.1) is 22.9 Å². The number of benzene rings is 1. The van der Waals surface area contributed by atoms with Crippen molar-refractivity contribution in [1.29, 1.82) is 0 Å². The average molecular weight is 282 g/mol. The van der Waals surface area contributed by atoms with Crippen LogP contribution in [-0.2, 0) is 4.84 Å². The molecule has 0 atom stereocenters. The quantitative estimate of drug-likeness (QED) is 0.680. The fourth-order valence-electron chi connectivity index (χ4n) is 2.22. The van der Waals surface area contributed by atoms with Gasteiger partial charge in [0.1, 0.15) is 5.82 Å². The standard InChI is InChI=1S/C13H15FN2O4/c1-8-6-9(16(18)19)7-11(12(8)14)13(17)15-20-10-4-2-3-5-10/h6-7,10H,2-5H2,1H3,(H,15,17). The minimum atomic E-state index is -0.804. The van der Waals surface area contributed by atoms with E-state index in [0.29, 0.717) is 0 Å². The molecule has 0 aromatic heterocycles. The molecule has 1 fully saturated rings. The summed E-state index contributed by atoms with van der Waals surface area (Å²) >= 11 is 0. The van der Waals surface area contributed by atoms with Gasteiger partial charge in [-0.1, -0.05) is 12.8 Å². The summed E-state index contributed by atoms with van der Waals surface area (Å²) in [5, 5.41) is 10.7. The summed E-state index contributed by atoms with van der Waals surface area (Å²) in [6, 6.07) is 2.00. The molecule has 1 saturated carbocycles. The number of rotatable bonds is 4. The fourth-order valence-corrected chi connectivity index (χ4v) is 2.22. The lowest BCUT2D eigenvalue weighted by Crippen LogP contribution is -2.29. The van der Waals surface area contributed by atoms with Gasteiger partial charge in [-0.15, -0.1) is 0 Å². The molecule has 20 heavy (non-hydrogen) atoms. The van der Waals surface area contributed by atoms with Gasteiger partial charge in [-0.2, -0.15) is 0 Å². The van der Waals surface area contributed by atoms with E-state index in [9.17, 15) is 19.3 Å². The number of nitro groups is 1. The predicted molar refractivity (Wildman–Crippen MR) is 68.6 cm³/mol. The molecule has 1 amide bonds. The number of amides is 1. The highest BCUT2D eigenvalue weighted by molar-refractivity contribution is 5.94. The largest absolute Gasteiger partial charge is 0.278 e. The van der Waals surface area contributed by atoms with Gasteiger partial charge >= 0.3 is 0 Å². The molecule has 0 spiro atoms. The third-order valence-electron chi connectivity index (χ3n) is 3.32. The molecule has 1 aromatic rings. The number of hydroxylamine groups is 1. The van der Waals surface area contributed by atoms with Gasteiger partial charge in [0, 0.05) is 12.1 Å². The highest BCUT2D eigenvalue weighted by Gasteiger charge is 2.22. The molecule has 0 unspecified atom stereocenters. The van der Waals surface area contributed by atoms with Crippen LogP contribution in [-0.4, -0.2) is 16.9 Å². The minimum absolute atomic E-state index is 0.0465. The molecule has 0 saturated heterocycles. The molecule has 2 rings (SSSR count). The van der Waals surface area contributed by atoms with E-state index in [1.165, 1.54) is 6.92 Å². The first-order valence-corrected chi connectivity index (χ1v) is 6.39. The molecular weight excluding hydrogens is 267 g/mol. The summed E-state index contributed by atoms with van der Waals surface area (Å²) < 4.78 is 13.9. The second-order valence-corrected chi connectivity index (χ2v) is 4.84. The average Bonchev–Trinajstić information content (AvgIpc) is 2.92. The molecule has 6 nitrogen and oxygen atoms in total. The van der Waals surface area contributed by atoms with Crippen LogP contribution in [0.2, 0.25) is 0 Å². The summed E-state index contributed by atoms with van der Waals surface area (Å²) in [5.41, 5.74) is 1.52. The maximum atomic E-state index is 13.9. The lowest BCUT2D eigenvalue weighted by atomic mass is 10.1. The summed E-state index contributed by atoms with van der Waals surface area (Å²) in [6.07, 6.45) is 3.69. The number of hydrogen-bond acceptors (Lipinski definition) is 4. The lowest BCUT2D eigenvalue weighted by Gasteiger charge is -2.12. The summed E-state index contributed by atoms with van der Waals surface area (Å²) in [4.78, 5) is 27.1. The lowest BCUT2D eigenvalue weighted by molar-refractivity contribution is -0.385. The minimum Gasteiger partial charge on any atom is -0.270 e. The number of non-ortho nitro benzene ring substituents is 1. The summed E-state index contributed by atoms with van der Waals surface area (Å²) in [7, 11) is 0. The van der Waals surface area contributed by atoms with E-state index in [2.05, 4.69) is 5.48 Å². The molecule has 1 aromatic carbocycles. The van der Waals surface area contributed by atoms with Crippen molar-refractivity contribution in [3.8, 4) is 0 Å². The Bertz CT molecular complexity index is 541. The number of halogens is 1. The Morgan fingerprint density at radius 3 is 2.70 bits per heavy atom. The summed E-state index contributed by atoms with van der Waals surface area (Å²) in [6.45, 7) is 1.37. The van der Waals surface area contributed by atoms with Crippen molar-refractivity contribution < 1.29 is 18.9 Å². The first kappa shape index (κ1) is 14.4. The third kappa shape index (κ3) is 3.11. The van der Waals surface area contributed by atoms with Gasteiger partial charge in [0.15, 0.2) is 0 Å². The number of carbonyl (C=O) groups excluding carboxylic acids is 1. The zero-order valence-corrected chi connectivity index (χ0v) is 11.0. The Kier molecular flexibility index (Phi) is 4.29. The van der Waals surface area contributed by atoms with Crippen molar-refractivity contribution in [2.75, 3.05) is 0 Å². The van der Waals surface area contributed by atoms with E-state index >= 15 is 0 Å². The number of nitrogens with one attached hydrogen (secondary N) is 1. The van der Waals surface area contributed by atoms with E-state index < -0.39 is 16.6 Å². The molecule has 108 valence electrons. The Morgan fingerprint density at radius 2 is 2.10 bits per heavy atom. The summed E-state index contributed by atoms with van der Waals surface area (Å²) in [5.74, 6) is -1.58. The molecule has 0 aliphatic heterocycles. The van der Waals surface area contributed by atoms with Crippen LogP contribution in [0.5, 0.6) is 0 Å². The van der Waals surface area contributed by atoms with Crippen LogP contribution < -0.4 is 5.48 Å². The van der Waals surface area contributed by atoms with Crippen molar-refractivity contribution in [3.05, 3.63) is 39.2 Å². The zero-order valence-electron chi connectivity index (χ0n) is 11.0. The highest BCUT2D eigenvalue weighted by Crippen LogP contribution is 2.22. The van der Waals surface area contributed by atoms with E-state index in [1.54, 1.807) is 0 Å². The normalized spacial score (nSPS) is 15.3. The first-order valence-electron chi connectivity index (χ1n) is 6.39. The van der Waals surface area contributed by atoms with Crippen LogP contribution in [0.1, 0.15) is 41.6 Å². The zero-order chi connectivity index (χ0) is 14.7. The predicted octanol–water partition coefficient (Wildman–Crippen LogP) is 2.65. The van der Waals surface area contributed by atoms with Gasteiger partial charge in [0.05, 0.1) is 16.6 Å². The maximum absolute atomic E-state index is 13.9. The Hall–Kier alpha value is -2.02. The molecule has 0 bridgehead atoms. The van der Waals surface area contributed by atoms with Crippen molar-refractivity contribution in [2.45, 2.75) is 38.7 Å². The molecule has 1 aliphatic carbocycles. The number of nitrogens with zero attached hydrogens (tertiary/aromatic N) is 1. The van der Waals surface area contributed by atoms with Crippen LogP contribution in [0.4, 0.5) is 10.1 Å². The molecule has 0 radical (unpaired) electrons. The smallest absolute Gasteiger partial charge is 0.270 e. The van der Waals surface area contributed by atoms with Crippen LogP contribution in [0.3, 0.4) is 0 Å². The topological polar surface area (TPSA) is 81.5 Å². The van der Waals surface area contributed by atoms with E-state index in [0.717, 1.165) is 37.8 Å². The molecule has 7 heteroatoms. The maximum Gasteiger partial charge on any atom is 0.278 e. The fraction of sp³-hybridized carbons (Fsp3) is 0.462. The number of hydrogen-bond donors (Lipinski definition) is 1. The van der Waals surface area contributed by atoms with Gasteiger partial charge < -0.3 is 0 Å². The van der Waals surface area contributed by atoms with E-state index in [1.807, 2.05) is 0 Å². The Labute approximate surface area is 115 Å². The van der Waals surface area contributed by atoms with Crippen LogP contribution in [0.25, 0.3) is 0 Å².